The second-order valence-electron chi connectivity index (χ2n) is 5.37. The minimum absolute atomic E-state index is 0.0132. The molecule has 9 heteroatoms. The Balaban J connectivity index is 1.86. The van der Waals surface area contributed by atoms with Gasteiger partial charge in [-0.05, 0) is 18.2 Å². The normalized spacial score (nSPS) is 10.4. The number of anilines is 4. The zero-order valence-corrected chi connectivity index (χ0v) is 15.9. The zero-order chi connectivity index (χ0) is 19.4. The van der Waals surface area contributed by atoms with Crippen LogP contribution >= 0.6 is 23.2 Å². The summed E-state index contributed by atoms with van der Waals surface area (Å²) in [4.78, 5) is 8.11. The van der Waals surface area contributed by atoms with Crippen molar-refractivity contribution in [3.05, 3.63) is 58.5 Å². The van der Waals surface area contributed by atoms with Gasteiger partial charge >= 0.3 is 0 Å². The Labute approximate surface area is 165 Å². The van der Waals surface area contributed by atoms with Crippen LogP contribution in [0.3, 0.4) is 0 Å². The predicted octanol–water partition coefficient (Wildman–Crippen LogP) is 5.43. The first-order valence-electron chi connectivity index (χ1n) is 7.73. The fraction of sp³-hybridized carbons (Fsp3) is 0.111. The van der Waals surface area contributed by atoms with Crippen LogP contribution in [0.4, 0.5) is 27.5 Å². The summed E-state index contributed by atoms with van der Waals surface area (Å²) >= 11 is 11.9. The first-order valence-corrected chi connectivity index (χ1v) is 8.49. The molecule has 0 saturated heterocycles. The van der Waals surface area contributed by atoms with E-state index in [1.165, 1.54) is 0 Å². The molecule has 6 nitrogen and oxygen atoms in total. The molecule has 0 aliphatic carbocycles. The molecule has 2 N–H and O–H groups in total. The molecule has 2 aromatic carbocycles. The van der Waals surface area contributed by atoms with E-state index >= 15 is 0 Å². The van der Waals surface area contributed by atoms with Crippen LogP contribution in [0.2, 0.25) is 10.0 Å². The average Bonchev–Trinajstić information content (AvgIpc) is 2.67. The van der Waals surface area contributed by atoms with E-state index < -0.39 is 5.82 Å². The van der Waals surface area contributed by atoms with Crippen LogP contribution in [0.1, 0.15) is 0 Å². The van der Waals surface area contributed by atoms with Crippen LogP contribution < -0.4 is 20.1 Å². The van der Waals surface area contributed by atoms with Crippen molar-refractivity contribution in [2.24, 2.45) is 0 Å². The quantitative estimate of drug-likeness (QED) is 0.566. The van der Waals surface area contributed by atoms with Crippen LogP contribution in [0.5, 0.6) is 11.5 Å². The van der Waals surface area contributed by atoms with Crippen molar-refractivity contribution in [1.29, 1.82) is 0 Å². The highest BCUT2D eigenvalue weighted by Gasteiger charge is 2.10. The van der Waals surface area contributed by atoms with Gasteiger partial charge < -0.3 is 20.1 Å². The lowest BCUT2D eigenvalue weighted by Gasteiger charge is -2.12. The Morgan fingerprint density at radius 3 is 2.22 bits per heavy atom. The molecule has 0 bridgehead atoms. The van der Waals surface area contributed by atoms with Crippen LogP contribution in [-0.4, -0.2) is 24.2 Å². The second-order valence-corrected chi connectivity index (χ2v) is 6.18. The fourth-order valence-electron chi connectivity index (χ4n) is 2.23. The summed E-state index contributed by atoms with van der Waals surface area (Å²) in [6.07, 6.45) is 1.06. The zero-order valence-electron chi connectivity index (χ0n) is 14.4. The molecule has 0 amide bonds. The summed E-state index contributed by atoms with van der Waals surface area (Å²) in [7, 11) is 3.10. The molecule has 3 aromatic rings. The van der Waals surface area contributed by atoms with Gasteiger partial charge in [0.05, 0.1) is 30.5 Å². The van der Waals surface area contributed by atoms with Gasteiger partial charge in [0.15, 0.2) is 11.6 Å². The second kappa shape index (κ2) is 8.28. The Kier molecular flexibility index (Phi) is 5.83. The van der Waals surface area contributed by atoms with Crippen molar-refractivity contribution in [2.75, 3.05) is 24.9 Å². The SMILES string of the molecule is COc1cc(Nc2ncc(F)c(Nc3ccc(Cl)c(Cl)c3)n2)cc(OC)c1. The van der Waals surface area contributed by atoms with E-state index in [4.69, 9.17) is 32.7 Å². The maximum atomic E-state index is 14.1. The van der Waals surface area contributed by atoms with Gasteiger partial charge in [-0.2, -0.15) is 4.98 Å². The summed E-state index contributed by atoms with van der Waals surface area (Å²) in [5.41, 5.74) is 1.16. The van der Waals surface area contributed by atoms with Gasteiger partial charge in [0.2, 0.25) is 5.95 Å². The highest BCUT2D eigenvalue weighted by Crippen LogP contribution is 2.29. The Hall–Kier alpha value is -2.77. The highest BCUT2D eigenvalue weighted by atomic mass is 35.5. The molecule has 1 heterocycles. The standard InChI is InChI=1S/C18H15Cl2FN4O2/c1-26-12-5-11(6-13(8-12)27-2)24-18-22-9-16(21)17(25-18)23-10-3-4-14(19)15(20)7-10/h3-9H,1-2H3,(H2,22,23,24,25). The minimum Gasteiger partial charge on any atom is -0.497 e. The molecule has 3 rings (SSSR count). The van der Waals surface area contributed by atoms with Crippen molar-refractivity contribution < 1.29 is 13.9 Å². The van der Waals surface area contributed by atoms with Crippen LogP contribution in [0.15, 0.2) is 42.6 Å². The molecular formula is C18H15Cl2FN4O2. The molecule has 0 unspecified atom stereocenters. The maximum Gasteiger partial charge on any atom is 0.229 e. The summed E-state index contributed by atoms with van der Waals surface area (Å²) in [6.45, 7) is 0. The molecule has 140 valence electrons. The molecule has 0 spiro atoms. The van der Waals surface area contributed by atoms with Gasteiger partial charge in [-0.15, -0.1) is 0 Å². The van der Waals surface area contributed by atoms with Gasteiger partial charge in [0.25, 0.3) is 0 Å². The minimum atomic E-state index is -0.616. The number of rotatable bonds is 6. The number of hydrogen-bond donors (Lipinski definition) is 2. The van der Waals surface area contributed by atoms with E-state index in [0.717, 1.165) is 6.20 Å². The lowest BCUT2D eigenvalue weighted by molar-refractivity contribution is 0.395. The van der Waals surface area contributed by atoms with Crippen molar-refractivity contribution in [3.63, 3.8) is 0 Å². The lowest BCUT2D eigenvalue weighted by Crippen LogP contribution is -2.03. The van der Waals surface area contributed by atoms with E-state index in [9.17, 15) is 4.39 Å². The Morgan fingerprint density at radius 2 is 1.59 bits per heavy atom. The highest BCUT2D eigenvalue weighted by molar-refractivity contribution is 6.42. The van der Waals surface area contributed by atoms with Gasteiger partial charge in [-0.1, -0.05) is 23.2 Å². The molecule has 1 aromatic heterocycles. The molecule has 0 atom stereocenters. The molecule has 0 radical (unpaired) electrons. The number of nitrogens with zero attached hydrogens (tertiary/aromatic N) is 2. The topological polar surface area (TPSA) is 68.3 Å². The van der Waals surface area contributed by atoms with Gasteiger partial charge in [-0.25, -0.2) is 9.37 Å². The first kappa shape index (κ1) is 19.0. The van der Waals surface area contributed by atoms with E-state index in [2.05, 4.69) is 20.6 Å². The van der Waals surface area contributed by atoms with E-state index in [1.54, 1.807) is 50.6 Å². The van der Waals surface area contributed by atoms with Crippen LogP contribution in [-0.2, 0) is 0 Å². The van der Waals surface area contributed by atoms with Gasteiger partial charge in [0, 0.05) is 29.6 Å². The lowest BCUT2D eigenvalue weighted by atomic mass is 10.3. The van der Waals surface area contributed by atoms with Gasteiger partial charge in [-0.3, -0.25) is 0 Å². The summed E-state index contributed by atoms with van der Waals surface area (Å²) in [6, 6.07) is 10.0. The monoisotopic (exact) mass is 408 g/mol. The van der Waals surface area contributed by atoms with Crippen LogP contribution in [0.25, 0.3) is 0 Å². The van der Waals surface area contributed by atoms with Crippen molar-refractivity contribution in [3.8, 4) is 11.5 Å². The van der Waals surface area contributed by atoms with Crippen molar-refractivity contribution in [2.45, 2.75) is 0 Å². The Morgan fingerprint density at radius 1 is 0.889 bits per heavy atom. The maximum absolute atomic E-state index is 14.1. The molecule has 0 fully saturated rings. The third-order valence-corrected chi connectivity index (χ3v) is 4.27. The number of nitrogens with one attached hydrogen (secondary N) is 2. The molecule has 0 saturated carbocycles. The molecular weight excluding hydrogens is 394 g/mol. The fourth-order valence-corrected chi connectivity index (χ4v) is 2.53. The van der Waals surface area contributed by atoms with E-state index in [0.29, 0.717) is 32.9 Å². The predicted molar refractivity (Wildman–Crippen MR) is 105 cm³/mol. The third-order valence-electron chi connectivity index (χ3n) is 3.53. The summed E-state index contributed by atoms with van der Waals surface area (Å²) in [5.74, 6) is 0.742. The van der Waals surface area contributed by atoms with E-state index in [1.807, 2.05) is 0 Å². The van der Waals surface area contributed by atoms with Crippen molar-refractivity contribution >= 4 is 46.3 Å². The largest absolute Gasteiger partial charge is 0.497 e. The van der Waals surface area contributed by atoms with Crippen LogP contribution in [0, 0.1) is 5.82 Å². The van der Waals surface area contributed by atoms with E-state index in [-0.39, 0.29) is 11.8 Å². The molecule has 27 heavy (non-hydrogen) atoms. The molecule has 0 aliphatic heterocycles. The number of benzene rings is 2. The number of aromatic nitrogens is 2. The third kappa shape index (κ3) is 4.69. The average molecular weight is 409 g/mol. The number of methoxy groups -OCH3 is 2. The summed E-state index contributed by atoms with van der Waals surface area (Å²) < 4.78 is 24.5. The number of halogens is 3. The molecule has 0 aliphatic rings. The number of ether oxygens (including phenoxy) is 2. The number of hydrogen-bond acceptors (Lipinski definition) is 6. The smallest absolute Gasteiger partial charge is 0.229 e. The van der Waals surface area contributed by atoms with Gasteiger partial charge in [0.1, 0.15) is 11.5 Å². The van der Waals surface area contributed by atoms with Crippen molar-refractivity contribution in [1.82, 2.24) is 9.97 Å². The summed E-state index contributed by atoms with van der Waals surface area (Å²) in [5, 5.41) is 6.59. The first-order chi connectivity index (χ1) is 13.0. The Bertz CT molecular complexity index is 950.